The molecule has 0 radical (unpaired) electrons. The minimum Gasteiger partial charge on any atom is -0.465 e. The zero-order valence-corrected chi connectivity index (χ0v) is 12.9. The minimum atomic E-state index is -1.16. The van der Waals surface area contributed by atoms with Gasteiger partial charge in [0.05, 0.1) is 12.7 Å². The summed E-state index contributed by atoms with van der Waals surface area (Å²) < 4.78 is 4.61. The van der Waals surface area contributed by atoms with Gasteiger partial charge in [0.2, 0.25) is 11.8 Å². The summed E-state index contributed by atoms with van der Waals surface area (Å²) in [5, 5.41) is 5.52. The van der Waals surface area contributed by atoms with Crippen LogP contribution in [0.2, 0.25) is 0 Å². The lowest BCUT2D eigenvalue weighted by molar-refractivity contribution is -0.138. The second-order valence-corrected chi connectivity index (χ2v) is 5.90. The van der Waals surface area contributed by atoms with E-state index in [0.717, 1.165) is 12.8 Å². The van der Waals surface area contributed by atoms with Crippen molar-refractivity contribution in [3.8, 4) is 0 Å². The number of rotatable bonds is 5. The van der Waals surface area contributed by atoms with Crippen molar-refractivity contribution in [1.29, 1.82) is 0 Å². The van der Waals surface area contributed by atoms with Gasteiger partial charge in [-0.25, -0.2) is 4.79 Å². The van der Waals surface area contributed by atoms with Gasteiger partial charge in [-0.05, 0) is 51.0 Å². The fourth-order valence-electron chi connectivity index (χ4n) is 1.79. The summed E-state index contributed by atoms with van der Waals surface area (Å²) in [6.07, 6.45) is 1.94. The van der Waals surface area contributed by atoms with Crippen molar-refractivity contribution < 1.29 is 19.1 Å². The van der Waals surface area contributed by atoms with Crippen LogP contribution in [-0.2, 0) is 14.3 Å². The van der Waals surface area contributed by atoms with Gasteiger partial charge in [0.1, 0.15) is 5.41 Å². The number of ether oxygens (including phenoxy) is 1. The molecule has 0 aromatic heterocycles. The third kappa shape index (κ3) is 3.63. The quantitative estimate of drug-likeness (QED) is 0.641. The Kier molecular flexibility index (Phi) is 4.49. The molecule has 1 aromatic rings. The van der Waals surface area contributed by atoms with Crippen LogP contribution in [0.3, 0.4) is 0 Å². The van der Waals surface area contributed by atoms with Crippen LogP contribution < -0.4 is 10.6 Å². The lowest BCUT2D eigenvalue weighted by Crippen LogP contribution is -2.45. The Labute approximate surface area is 129 Å². The number of hydrogen-bond acceptors (Lipinski definition) is 4. The van der Waals surface area contributed by atoms with Crippen molar-refractivity contribution in [3.63, 3.8) is 0 Å². The van der Waals surface area contributed by atoms with E-state index in [9.17, 15) is 14.4 Å². The molecule has 118 valence electrons. The Morgan fingerprint density at radius 1 is 1.09 bits per heavy atom. The molecule has 0 aliphatic heterocycles. The first-order chi connectivity index (χ1) is 10.3. The van der Waals surface area contributed by atoms with E-state index in [1.807, 2.05) is 0 Å². The van der Waals surface area contributed by atoms with Gasteiger partial charge in [0, 0.05) is 11.7 Å². The summed E-state index contributed by atoms with van der Waals surface area (Å²) in [7, 11) is 1.30. The van der Waals surface area contributed by atoms with Gasteiger partial charge in [0.25, 0.3) is 0 Å². The van der Waals surface area contributed by atoms with Gasteiger partial charge in [-0.1, -0.05) is 0 Å². The Balaban J connectivity index is 2.00. The van der Waals surface area contributed by atoms with E-state index in [-0.39, 0.29) is 11.9 Å². The molecule has 1 aliphatic rings. The fraction of sp³-hybridized carbons (Fsp3) is 0.438. The number of amides is 2. The van der Waals surface area contributed by atoms with E-state index < -0.39 is 17.3 Å². The largest absolute Gasteiger partial charge is 0.465 e. The third-order valence-electron chi connectivity index (χ3n) is 3.61. The highest BCUT2D eigenvalue weighted by Gasteiger charge is 2.38. The summed E-state index contributed by atoms with van der Waals surface area (Å²) >= 11 is 0. The van der Waals surface area contributed by atoms with Crippen molar-refractivity contribution in [3.05, 3.63) is 29.8 Å². The first kappa shape index (κ1) is 16.0. The van der Waals surface area contributed by atoms with Crippen LogP contribution in [0.15, 0.2) is 24.3 Å². The maximum Gasteiger partial charge on any atom is 0.337 e. The maximum absolute atomic E-state index is 12.3. The van der Waals surface area contributed by atoms with E-state index in [4.69, 9.17) is 0 Å². The van der Waals surface area contributed by atoms with E-state index in [2.05, 4.69) is 15.4 Å². The van der Waals surface area contributed by atoms with Gasteiger partial charge < -0.3 is 15.4 Å². The molecular weight excluding hydrogens is 284 g/mol. The van der Waals surface area contributed by atoms with E-state index in [0.29, 0.717) is 11.3 Å². The molecule has 1 fully saturated rings. The summed E-state index contributed by atoms with van der Waals surface area (Å²) in [6.45, 7) is 3.17. The number of carbonyl (C=O) groups excluding carboxylic acids is 3. The smallest absolute Gasteiger partial charge is 0.337 e. The SMILES string of the molecule is COC(=O)c1ccc(NC(=O)C(C)(C)C(=O)NC2CC2)cc1. The van der Waals surface area contributed by atoms with Crippen molar-refractivity contribution >= 4 is 23.5 Å². The first-order valence-electron chi connectivity index (χ1n) is 7.15. The average Bonchev–Trinajstić information content (AvgIpc) is 3.31. The highest BCUT2D eigenvalue weighted by molar-refractivity contribution is 6.10. The standard InChI is InChI=1S/C16H20N2O4/c1-16(2,15(21)18-12-8-9-12)14(20)17-11-6-4-10(5-7-11)13(19)22-3/h4-7,12H,8-9H2,1-3H3,(H,17,20)(H,18,21). The molecule has 6 heteroatoms. The molecule has 0 spiro atoms. The number of benzene rings is 1. The zero-order chi connectivity index (χ0) is 16.3. The molecule has 1 aromatic carbocycles. The third-order valence-corrected chi connectivity index (χ3v) is 3.61. The molecule has 6 nitrogen and oxygen atoms in total. The number of nitrogens with one attached hydrogen (secondary N) is 2. The lowest BCUT2D eigenvalue weighted by Gasteiger charge is -2.22. The molecule has 22 heavy (non-hydrogen) atoms. The molecule has 2 N–H and O–H groups in total. The molecule has 0 heterocycles. The van der Waals surface area contributed by atoms with E-state index in [1.165, 1.54) is 7.11 Å². The zero-order valence-electron chi connectivity index (χ0n) is 12.9. The second kappa shape index (κ2) is 6.17. The van der Waals surface area contributed by atoms with Crippen LogP contribution in [0.1, 0.15) is 37.0 Å². The topological polar surface area (TPSA) is 84.5 Å². The van der Waals surface area contributed by atoms with Crippen molar-refractivity contribution in [2.75, 3.05) is 12.4 Å². The number of esters is 1. The molecular formula is C16H20N2O4. The molecule has 0 unspecified atom stereocenters. The number of carbonyl (C=O) groups is 3. The van der Waals surface area contributed by atoms with E-state index >= 15 is 0 Å². The normalized spacial score (nSPS) is 14.1. The highest BCUT2D eigenvalue weighted by atomic mass is 16.5. The fourth-order valence-corrected chi connectivity index (χ4v) is 1.79. The van der Waals surface area contributed by atoms with Crippen LogP contribution >= 0.6 is 0 Å². The van der Waals surface area contributed by atoms with Gasteiger partial charge in [-0.15, -0.1) is 0 Å². The summed E-state index contributed by atoms with van der Waals surface area (Å²) in [4.78, 5) is 35.7. The summed E-state index contributed by atoms with van der Waals surface area (Å²) in [5.74, 6) is -1.11. The summed E-state index contributed by atoms with van der Waals surface area (Å²) in [6, 6.07) is 6.51. The predicted molar refractivity (Wildman–Crippen MR) is 81.4 cm³/mol. The first-order valence-corrected chi connectivity index (χ1v) is 7.15. The molecule has 2 rings (SSSR count). The van der Waals surface area contributed by atoms with Crippen LogP contribution in [-0.4, -0.2) is 30.9 Å². The molecule has 0 bridgehead atoms. The number of methoxy groups -OCH3 is 1. The molecule has 2 amide bonds. The molecule has 1 saturated carbocycles. The van der Waals surface area contributed by atoms with Crippen LogP contribution in [0.5, 0.6) is 0 Å². The van der Waals surface area contributed by atoms with Crippen LogP contribution in [0, 0.1) is 5.41 Å². The highest BCUT2D eigenvalue weighted by Crippen LogP contribution is 2.24. The Bertz CT molecular complexity index is 589. The van der Waals surface area contributed by atoms with E-state index in [1.54, 1.807) is 38.1 Å². The van der Waals surface area contributed by atoms with Crippen molar-refractivity contribution in [2.45, 2.75) is 32.7 Å². The lowest BCUT2D eigenvalue weighted by atomic mass is 9.91. The predicted octanol–water partition coefficient (Wildman–Crippen LogP) is 1.72. The Morgan fingerprint density at radius 3 is 2.18 bits per heavy atom. The van der Waals surface area contributed by atoms with Crippen LogP contribution in [0.25, 0.3) is 0 Å². The van der Waals surface area contributed by atoms with Gasteiger partial charge in [0.15, 0.2) is 0 Å². The average molecular weight is 304 g/mol. The Hall–Kier alpha value is -2.37. The van der Waals surface area contributed by atoms with Crippen molar-refractivity contribution in [1.82, 2.24) is 5.32 Å². The van der Waals surface area contributed by atoms with Gasteiger partial charge >= 0.3 is 5.97 Å². The monoisotopic (exact) mass is 304 g/mol. The van der Waals surface area contributed by atoms with Crippen molar-refractivity contribution in [2.24, 2.45) is 5.41 Å². The molecule has 1 aliphatic carbocycles. The number of anilines is 1. The maximum atomic E-state index is 12.3. The van der Waals surface area contributed by atoms with Gasteiger partial charge in [-0.3, -0.25) is 9.59 Å². The number of hydrogen-bond donors (Lipinski definition) is 2. The minimum absolute atomic E-state index is 0.207. The molecule has 0 atom stereocenters. The second-order valence-electron chi connectivity index (χ2n) is 5.90. The van der Waals surface area contributed by atoms with Gasteiger partial charge in [-0.2, -0.15) is 0 Å². The summed E-state index contributed by atoms with van der Waals surface area (Å²) in [5.41, 5.74) is -0.250. The van der Waals surface area contributed by atoms with Crippen LogP contribution in [0.4, 0.5) is 5.69 Å². The Morgan fingerprint density at radius 2 is 1.68 bits per heavy atom. The molecule has 0 saturated heterocycles.